The van der Waals surface area contributed by atoms with Crippen LogP contribution in [0.2, 0.25) is 0 Å². The van der Waals surface area contributed by atoms with E-state index in [1.165, 1.54) is 11.8 Å². The van der Waals surface area contributed by atoms with Crippen molar-refractivity contribution >= 4 is 28.7 Å². The van der Waals surface area contributed by atoms with Crippen LogP contribution >= 0.6 is 11.8 Å². The van der Waals surface area contributed by atoms with Gasteiger partial charge in [-0.25, -0.2) is 15.0 Å². The van der Waals surface area contributed by atoms with Gasteiger partial charge in [-0.1, -0.05) is 23.9 Å². The van der Waals surface area contributed by atoms with E-state index in [-0.39, 0.29) is 11.9 Å². The molecule has 0 N–H and O–H groups in total. The van der Waals surface area contributed by atoms with Crippen molar-refractivity contribution in [3.63, 3.8) is 0 Å². The number of para-hydroxylation sites is 2. The van der Waals surface area contributed by atoms with Crippen LogP contribution in [0.4, 0.5) is 0 Å². The lowest BCUT2D eigenvalue weighted by Crippen LogP contribution is -2.33. The molecule has 0 unspecified atom stereocenters. The van der Waals surface area contributed by atoms with Gasteiger partial charge in [0.05, 0.1) is 22.8 Å². The molecule has 134 valence electrons. The summed E-state index contributed by atoms with van der Waals surface area (Å²) in [5, 5.41) is 0.650. The summed E-state index contributed by atoms with van der Waals surface area (Å²) in [6.45, 7) is 2.71. The van der Waals surface area contributed by atoms with E-state index in [2.05, 4.69) is 20.6 Å². The van der Waals surface area contributed by atoms with E-state index >= 15 is 0 Å². The number of thioether (sulfide) groups is 1. The minimum atomic E-state index is 0.0407. The SMILES string of the molecule is Cc1ccnc(SCC(=O)N2CCC[C@H]2c2nc3ccccc3n2C)n1. The number of benzene rings is 1. The fourth-order valence-electron chi connectivity index (χ4n) is 3.50. The van der Waals surface area contributed by atoms with Crippen LogP contribution in [-0.4, -0.2) is 42.6 Å². The summed E-state index contributed by atoms with van der Waals surface area (Å²) >= 11 is 1.40. The highest BCUT2D eigenvalue weighted by atomic mass is 32.2. The maximum Gasteiger partial charge on any atom is 0.233 e. The van der Waals surface area contributed by atoms with Crippen molar-refractivity contribution in [2.45, 2.75) is 31.0 Å². The zero-order valence-corrected chi connectivity index (χ0v) is 15.7. The Balaban J connectivity index is 1.52. The van der Waals surface area contributed by atoms with Gasteiger partial charge in [0.2, 0.25) is 5.91 Å². The third-order valence-electron chi connectivity index (χ3n) is 4.79. The molecule has 1 amide bonds. The highest BCUT2D eigenvalue weighted by Gasteiger charge is 2.33. The molecular formula is C19H21N5OS. The number of carbonyl (C=O) groups is 1. The molecule has 1 aromatic carbocycles. The number of rotatable bonds is 4. The maximum absolute atomic E-state index is 12.8. The molecular weight excluding hydrogens is 346 g/mol. The van der Waals surface area contributed by atoms with Gasteiger partial charge >= 0.3 is 0 Å². The molecule has 1 aliphatic rings. The number of hydrogen-bond donors (Lipinski definition) is 0. The first-order chi connectivity index (χ1) is 12.6. The van der Waals surface area contributed by atoms with Crippen molar-refractivity contribution in [3.8, 4) is 0 Å². The smallest absolute Gasteiger partial charge is 0.233 e. The molecule has 0 saturated carbocycles. The molecule has 7 heteroatoms. The van der Waals surface area contributed by atoms with Crippen LogP contribution < -0.4 is 0 Å². The van der Waals surface area contributed by atoms with Crippen LogP contribution in [0.15, 0.2) is 41.7 Å². The molecule has 0 aliphatic carbocycles. The monoisotopic (exact) mass is 367 g/mol. The van der Waals surface area contributed by atoms with E-state index < -0.39 is 0 Å². The second-order valence-corrected chi connectivity index (χ2v) is 7.47. The van der Waals surface area contributed by atoms with Gasteiger partial charge in [0.15, 0.2) is 5.16 Å². The van der Waals surface area contributed by atoms with E-state index in [4.69, 9.17) is 4.98 Å². The Kier molecular flexibility index (Phi) is 4.63. The zero-order valence-electron chi connectivity index (χ0n) is 14.9. The Morgan fingerprint density at radius 2 is 2.12 bits per heavy atom. The van der Waals surface area contributed by atoms with Crippen molar-refractivity contribution < 1.29 is 4.79 Å². The summed E-state index contributed by atoms with van der Waals surface area (Å²) in [7, 11) is 2.03. The van der Waals surface area contributed by atoms with Crippen LogP contribution in [0.3, 0.4) is 0 Å². The number of aryl methyl sites for hydroxylation is 2. The van der Waals surface area contributed by atoms with Crippen LogP contribution in [0.25, 0.3) is 11.0 Å². The van der Waals surface area contributed by atoms with Crippen LogP contribution in [0.5, 0.6) is 0 Å². The fourth-order valence-corrected chi connectivity index (χ4v) is 4.26. The minimum absolute atomic E-state index is 0.0407. The Bertz CT molecular complexity index is 954. The van der Waals surface area contributed by atoms with Crippen molar-refractivity contribution in [1.29, 1.82) is 0 Å². The molecule has 1 saturated heterocycles. The molecule has 2 aromatic heterocycles. The number of aromatic nitrogens is 4. The molecule has 1 aliphatic heterocycles. The molecule has 4 rings (SSSR count). The minimum Gasteiger partial charge on any atom is -0.332 e. The molecule has 6 nitrogen and oxygen atoms in total. The first-order valence-corrected chi connectivity index (χ1v) is 9.75. The van der Waals surface area contributed by atoms with Gasteiger partial charge in [-0.2, -0.15) is 0 Å². The highest BCUT2D eigenvalue weighted by molar-refractivity contribution is 7.99. The average Bonchev–Trinajstić information content (AvgIpc) is 3.25. The molecule has 3 aromatic rings. The second kappa shape index (κ2) is 7.07. The Morgan fingerprint density at radius 1 is 1.27 bits per heavy atom. The van der Waals surface area contributed by atoms with Gasteiger partial charge in [0.25, 0.3) is 0 Å². The van der Waals surface area contributed by atoms with Crippen molar-refractivity contribution in [2.75, 3.05) is 12.3 Å². The van der Waals surface area contributed by atoms with Crippen LogP contribution in [0, 0.1) is 6.92 Å². The summed E-state index contributed by atoms with van der Waals surface area (Å²) in [4.78, 5) is 28.2. The van der Waals surface area contributed by atoms with Gasteiger partial charge in [-0.05, 0) is 38.0 Å². The molecule has 1 fully saturated rings. The van der Waals surface area contributed by atoms with Crippen molar-refractivity contribution in [2.24, 2.45) is 7.05 Å². The molecule has 26 heavy (non-hydrogen) atoms. The highest BCUT2D eigenvalue weighted by Crippen LogP contribution is 2.33. The number of fused-ring (bicyclic) bond motifs is 1. The van der Waals surface area contributed by atoms with E-state index in [9.17, 15) is 4.79 Å². The zero-order chi connectivity index (χ0) is 18.1. The third kappa shape index (κ3) is 3.19. The number of nitrogens with zero attached hydrogens (tertiary/aromatic N) is 5. The summed E-state index contributed by atoms with van der Waals surface area (Å²) in [6, 6.07) is 9.99. The molecule has 3 heterocycles. The van der Waals surface area contributed by atoms with E-state index in [1.807, 2.05) is 43.1 Å². The van der Waals surface area contributed by atoms with Crippen LogP contribution in [0.1, 0.15) is 30.4 Å². The first-order valence-electron chi connectivity index (χ1n) is 8.77. The predicted octanol–water partition coefficient (Wildman–Crippen LogP) is 3.13. The fraction of sp³-hybridized carbons (Fsp3) is 0.368. The second-order valence-electron chi connectivity index (χ2n) is 6.53. The van der Waals surface area contributed by atoms with E-state index in [1.54, 1.807) is 6.20 Å². The topological polar surface area (TPSA) is 63.9 Å². The molecule has 0 spiro atoms. The Hall–Kier alpha value is -2.41. The van der Waals surface area contributed by atoms with Gasteiger partial charge in [-0.15, -0.1) is 0 Å². The number of amides is 1. The number of likely N-dealkylation sites (tertiary alicyclic amines) is 1. The third-order valence-corrected chi connectivity index (χ3v) is 5.64. The number of carbonyl (C=O) groups excluding carboxylic acids is 1. The van der Waals surface area contributed by atoms with Gasteiger partial charge in [0.1, 0.15) is 5.82 Å². The Morgan fingerprint density at radius 3 is 2.92 bits per heavy atom. The lowest BCUT2D eigenvalue weighted by Gasteiger charge is -2.24. The Labute approximate surface area is 156 Å². The van der Waals surface area contributed by atoms with Crippen molar-refractivity contribution in [1.82, 2.24) is 24.4 Å². The summed E-state index contributed by atoms with van der Waals surface area (Å²) in [5.41, 5.74) is 2.99. The van der Waals surface area contributed by atoms with E-state index in [0.29, 0.717) is 10.9 Å². The molecule has 1 atom stereocenters. The lowest BCUT2D eigenvalue weighted by molar-refractivity contribution is -0.129. The normalized spacial score (nSPS) is 17.2. The standard InChI is InChI=1S/C19H21N5OS/c1-13-9-10-20-19(21-13)26-12-17(25)24-11-5-8-16(24)18-22-14-6-3-4-7-15(14)23(18)2/h3-4,6-7,9-10,16H,5,8,11-12H2,1-2H3/t16-/m0/s1. The summed E-state index contributed by atoms with van der Waals surface area (Å²) < 4.78 is 2.11. The first kappa shape index (κ1) is 17.0. The largest absolute Gasteiger partial charge is 0.332 e. The van der Waals surface area contributed by atoms with E-state index in [0.717, 1.165) is 41.9 Å². The van der Waals surface area contributed by atoms with Crippen molar-refractivity contribution in [3.05, 3.63) is 48.0 Å². The quantitative estimate of drug-likeness (QED) is 0.524. The number of imidazole rings is 1. The number of hydrogen-bond acceptors (Lipinski definition) is 5. The van der Waals surface area contributed by atoms with Gasteiger partial charge < -0.3 is 9.47 Å². The average molecular weight is 367 g/mol. The lowest BCUT2D eigenvalue weighted by atomic mass is 10.2. The summed E-state index contributed by atoms with van der Waals surface area (Å²) in [5.74, 6) is 1.44. The summed E-state index contributed by atoms with van der Waals surface area (Å²) in [6.07, 6.45) is 3.69. The molecule has 0 radical (unpaired) electrons. The van der Waals surface area contributed by atoms with Gasteiger partial charge in [0, 0.05) is 25.5 Å². The van der Waals surface area contributed by atoms with Crippen LogP contribution in [-0.2, 0) is 11.8 Å². The predicted molar refractivity (Wildman–Crippen MR) is 102 cm³/mol. The van der Waals surface area contributed by atoms with Gasteiger partial charge in [-0.3, -0.25) is 4.79 Å². The maximum atomic E-state index is 12.8. The molecule has 0 bridgehead atoms.